The van der Waals surface area contributed by atoms with Crippen molar-refractivity contribution in [1.82, 2.24) is 9.97 Å². The molecule has 1 amide bonds. The number of thiophene rings is 1. The molecule has 0 saturated carbocycles. The maximum atomic E-state index is 12.8. The Morgan fingerprint density at radius 2 is 2.00 bits per heavy atom. The van der Waals surface area contributed by atoms with Crippen molar-refractivity contribution in [2.75, 3.05) is 5.32 Å². The van der Waals surface area contributed by atoms with Crippen molar-refractivity contribution >= 4 is 56.2 Å². The number of carbonyl (C=O) groups excluding carboxylic acids is 1. The second-order valence-corrected chi connectivity index (χ2v) is 8.00. The van der Waals surface area contributed by atoms with Crippen molar-refractivity contribution in [3.8, 4) is 10.6 Å². The molecule has 0 aliphatic rings. The number of pyridine rings is 1. The van der Waals surface area contributed by atoms with Crippen LogP contribution in [0.5, 0.6) is 0 Å². The highest BCUT2D eigenvalue weighted by atomic mass is 35.5. The third-order valence-electron chi connectivity index (χ3n) is 3.63. The molecule has 124 valence electrons. The molecule has 3 aromatic heterocycles. The van der Waals surface area contributed by atoms with Crippen molar-refractivity contribution < 1.29 is 4.79 Å². The number of fused-ring (bicyclic) bond motifs is 1. The summed E-state index contributed by atoms with van der Waals surface area (Å²) >= 11 is 8.89. The van der Waals surface area contributed by atoms with Gasteiger partial charge in [0.05, 0.1) is 31.7 Å². The van der Waals surface area contributed by atoms with E-state index in [2.05, 4.69) is 15.3 Å². The second kappa shape index (κ2) is 6.55. The van der Waals surface area contributed by atoms with Gasteiger partial charge in [0.2, 0.25) is 0 Å². The number of halogens is 1. The van der Waals surface area contributed by atoms with Gasteiger partial charge < -0.3 is 0 Å². The molecule has 1 N–H and O–H groups in total. The summed E-state index contributed by atoms with van der Waals surface area (Å²) in [6.45, 7) is 1.90. The molecule has 0 atom stereocenters. The average molecular weight is 386 g/mol. The molecule has 0 unspecified atom stereocenters. The molecule has 1 aromatic carbocycles. The molecule has 4 rings (SSSR count). The van der Waals surface area contributed by atoms with Crippen LogP contribution in [0.4, 0.5) is 5.13 Å². The summed E-state index contributed by atoms with van der Waals surface area (Å²) in [5, 5.41) is 6.17. The summed E-state index contributed by atoms with van der Waals surface area (Å²) in [5.74, 6) is -0.197. The number of benzene rings is 1. The fourth-order valence-electron chi connectivity index (χ4n) is 2.52. The third kappa shape index (κ3) is 3.28. The van der Waals surface area contributed by atoms with Crippen LogP contribution >= 0.6 is 34.3 Å². The Morgan fingerprint density at radius 1 is 1.16 bits per heavy atom. The SMILES string of the molecule is Cc1csc(NC(=O)c2cc(-c3ccc(Cl)s3)nc3ccccc23)n1. The van der Waals surface area contributed by atoms with Gasteiger partial charge >= 0.3 is 0 Å². The van der Waals surface area contributed by atoms with Crippen molar-refractivity contribution in [2.24, 2.45) is 0 Å². The number of rotatable bonds is 3. The molecule has 4 nitrogen and oxygen atoms in total. The average Bonchev–Trinajstić information content (AvgIpc) is 3.22. The van der Waals surface area contributed by atoms with Crippen LogP contribution in [-0.2, 0) is 0 Å². The summed E-state index contributed by atoms with van der Waals surface area (Å²) in [5.41, 5.74) is 2.95. The largest absolute Gasteiger partial charge is 0.298 e. The molecule has 0 bridgehead atoms. The Balaban J connectivity index is 1.82. The molecule has 25 heavy (non-hydrogen) atoms. The first kappa shape index (κ1) is 16.2. The van der Waals surface area contributed by atoms with E-state index >= 15 is 0 Å². The van der Waals surface area contributed by atoms with Gasteiger partial charge in [0.25, 0.3) is 5.91 Å². The van der Waals surface area contributed by atoms with E-state index in [4.69, 9.17) is 11.6 Å². The van der Waals surface area contributed by atoms with Gasteiger partial charge in [0, 0.05) is 10.8 Å². The van der Waals surface area contributed by atoms with Crippen LogP contribution in [0.1, 0.15) is 16.1 Å². The predicted molar refractivity (Wildman–Crippen MR) is 105 cm³/mol. The molecule has 7 heteroatoms. The molecule has 0 radical (unpaired) electrons. The second-order valence-electron chi connectivity index (χ2n) is 5.42. The number of carbonyl (C=O) groups is 1. The molecule has 3 heterocycles. The number of nitrogens with zero attached hydrogens (tertiary/aromatic N) is 2. The van der Waals surface area contributed by atoms with Crippen LogP contribution in [0.25, 0.3) is 21.5 Å². The maximum Gasteiger partial charge on any atom is 0.258 e. The lowest BCUT2D eigenvalue weighted by Gasteiger charge is -2.08. The van der Waals surface area contributed by atoms with E-state index in [1.54, 1.807) is 6.07 Å². The fourth-order valence-corrected chi connectivity index (χ4v) is 4.20. The Hall–Kier alpha value is -2.28. The van der Waals surface area contributed by atoms with E-state index in [9.17, 15) is 4.79 Å². The number of aryl methyl sites for hydroxylation is 1. The number of para-hydroxylation sites is 1. The lowest BCUT2D eigenvalue weighted by molar-refractivity contribution is 0.102. The van der Waals surface area contributed by atoms with E-state index in [1.807, 2.05) is 48.7 Å². The van der Waals surface area contributed by atoms with Crippen LogP contribution in [0.3, 0.4) is 0 Å². The Bertz CT molecular complexity index is 1090. The van der Waals surface area contributed by atoms with Gasteiger partial charge in [-0.25, -0.2) is 9.97 Å². The Kier molecular flexibility index (Phi) is 4.25. The van der Waals surface area contributed by atoms with E-state index < -0.39 is 0 Å². The highest BCUT2D eigenvalue weighted by Gasteiger charge is 2.16. The molecule has 0 aliphatic heterocycles. The van der Waals surface area contributed by atoms with Crippen LogP contribution in [0.15, 0.2) is 47.8 Å². The summed E-state index contributed by atoms with van der Waals surface area (Å²) in [6, 6.07) is 13.2. The predicted octanol–water partition coefficient (Wildman–Crippen LogP) is 5.63. The number of anilines is 1. The monoisotopic (exact) mass is 385 g/mol. The molecular weight excluding hydrogens is 374 g/mol. The summed E-state index contributed by atoms with van der Waals surface area (Å²) in [6.07, 6.45) is 0. The molecule has 0 aliphatic carbocycles. The maximum absolute atomic E-state index is 12.8. The molecule has 0 saturated heterocycles. The highest BCUT2D eigenvalue weighted by molar-refractivity contribution is 7.19. The minimum atomic E-state index is -0.197. The lowest BCUT2D eigenvalue weighted by atomic mass is 10.1. The molecule has 0 fully saturated rings. The number of hydrogen-bond acceptors (Lipinski definition) is 5. The number of thiazole rings is 1. The van der Waals surface area contributed by atoms with E-state index in [0.717, 1.165) is 27.2 Å². The van der Waals surface area contributed by atoms with Crippen molar-refractivity contribution in [3.05, 3.63) is 63.4 Å². The zero-order valence-corrected chi connectivity index (χ0v) is 15.5. The third-order valence-corrected chi connectivity index (χ3v) is 5.76. The zero-order chi connectivity index (χ0) is 17.4. The minimum Gasteiger partial charge on any atom is -0.298 e. The Labute approximate surface area is 157 Å². The van der Waals surface area contributed by atoms with Crippen LogP contribution < -0.4 is 5.32 Å². The smallest absolute Gasteiger partial charge is 0.258 e. The minimum absolute atomic E-state index is 0.197. The zero-order valence-electron chi connectivity index (χ0n) is 13.1. The van der Waals surface area contributed by atoms with Crippen molar-refractivity contribution in [1.29, 1.82) is 0 Å². The van der Waals surface area contributed by atoms with Crippen LogP contribution in [0, 0.1) is 6.92 Å². The van der Waals surface area contributed by atoms with Gasteiger partial charge in [-0.3, -0.25) is 10.1 Å². The van der Waals surface area contributed by atoms with E-state index in [-0.39, 0.29) is 5.91 Å². The topological polar surface area (TPSA) is 54.9 Å². The van der Waals surface area contributed by atoms with Gasteiger partial charge in [-0.15, -0.1) is 22.7 Å². The van der Waals surface area contributed by atoms with Gasteiger partial charge in [-0.1, -0.05) is 29.8 Å². The molecular formula is C18H12ClN3OS2. The van der Waals surface area contributed by atoms with Gasteiger partial charge in [0.15, 0.2) is 5.13 Å². The van der Waals surface area contributed by atoms with E-state index in [1.165, 1.54) is 22.7 Å². The quantitative estimate of drug-likeness (QED) is 0.497. The van der Waals surface area contributed by atoms with Crippen LogP contribution in [-0.4, -0.2) is 15.9 Å². The summed E-state index contributed by atoms with van der Waals surface area (Å²) < 4.78 is 0.689. The Morgan fingerprint density at radius 3 is 2.72 bits per heavy atom. The number of aromatic nitrogens is 2. The number of hydrogen-bond donors (Lipinski definition) is 1. The van der Waals surface area contributed by atoms with Gasteiger partial charge in [0.1, 0.15) is 0 Å². The number of amides is 1. The normalized spacial score (nSPS) is 11.0. The number of nitrogens with one attached hydrogen (secondary N) is 1. The first-order chi connectivity index (χ1) is 12.1. The molecule has 4 aromatic rings. The summed E-state index contributed by atoms with van der Waals surface area (Å²) in [7, 11) is 0. The highest BCUT2D eigenvalue weighted by Crippen LogP contribution is 2.32. The van der Waals surface area contributed by atoms with E-state index in [0.29, 0.717) is 15.0 Å². The van der Waals surface area contributed by atoms with Crippen molar-refractivity contribution in [2.45, 2.75) is 6.92 Å². The summed E-state index contributed by atoms with van der Waals surface area (Å²) in [4.78, 5) is 22.7. The standard InChI is InChI=1S/C18H12ClN3OS2/c1-10-9-24-18(20-10)22-17(23)12-8-14(15-6-7-16(19)25-15)21-13-5-3-2-4-11(12)13/h2-9H,1H3,(H,20,22,23). The fraction of sp³-hybridized carbons (Fsp3) is 0.0556. The van der Waals surface area contributed by atoms with Crippen LogP contribution in [0.2, 0.25) is 4.34 Å². The van der Waals surface area contributed by atoms with Gasteiger partial charge in [-0.2, -0.15) is 0 Å². The van der Waals surface area contributed by atoms with Gasteiger partial charge in [-0.05, 0) is 31.2 Å². The first-order valence-electron chi connectivity index (χ1n) is 7.49. The van der Waals surface area contributed by atoms with Crippen molar-refractivity contribution in [3.63, 3.8) is 0 Å². The lowest BCUT2D eigenvalue weighted by Crippen LogP contribution is -2.13. The molecule has 0 spiro atoms. The first-order valence-corrected chi connectivity index (χ1v) is 9.56.